The Morgan fingerprint density at radius 2 is 1.78 bits per heavy atom. The van der Waals surface area contributed by atoms with Crippen molar-refractivity contribution in [3.8, 4) is 0 Å². The molecule has 2 aromatic rings. The average molecular weight is 317 g/mol. The molecule has 0 aliphatic carbocycles. The van der Waals surface area contributed by atoms with Gasteiger partial charge in [0.15, 0.2) is 0 Å². The first-order valence-electron chi connectivity index (χ1n) is 7.35. The highest BCUT2D eigenvalue weighted by atomic mass is 19.1. The fourth-order valence-corrected chi connectivity index (χ4v) is 2.43. The molecule has 2 N–H and O–H groups in total. The van der Waals surface area contributed by atoms with Crippen molar-refractivity contribution in [1.82, 2.24) is 5.32 Å². The van der Waals surface area contributed by atoms with E-state index >= 15 is 0 Å². The summed E-state index contributed by atoms with van der Waals surface area (Å²) in [5, 5.41) is 12.2. The van der Waals surface area contributed by atoms with E-state index in [0.29, 0.717) is 6.54 Å². The standard InChI is InChI=1S/C18H20FNO3/c1-12(17(23-2)14-7-9-16(19)10-8-14)20-11-13-3-5-15(6-4-13)18(21)22/h3-10,12,17,20H,11H2,1-2H3,(H,21,22). The molecule has 0 aliphatic rings. The van der Waals surface area contributed by atoms with Gasteiger partial charge in [0.25, 0.3) is 0 Å². The molecule has 0 radical (unpaired) electrons. The number of hydrogen-bond acceptors (Lipinski definition) is 3. The molecule has 2 aromatic carbocycles. The minimum absolute atomic E-state index is 0.00427. The summed E-state index contributed by atoms with van der Waals surface area (Å²) in [6.45, 7) is 2.57. The van der Waals surface area contributed by atoms with Gasteiger partial charge in [-0.1, -0.05) is 24.3 Å². The van der Waals surface area contributed by atoms with Crippen molar-refractivity contribution < 1.29 is 19.0 Å². The molecule has 23 heavy (non-hydrogen) atoms. The first-order valence-corrected chi connectivity index (χ1v) is 7.35. The summed E-state index contributed by atoms with van der Waals surface area (Å²) in [6, 6.07) is 13.0. The van der Waals surface area contributed by atoms with E-state index in [0.717, 1.165) is 11.1 Å². The lowest BCUT2D eigenvalue weighted by atomic mass is 10.0. The molecular formula is C18H20FNO3. The number of benzene rings is 2. The van der Waals surface area contributed by atoms with E-state index in [9.17, 15) is 9.18 Å². The molecule has 4 nitrogen and oxygen atoms in total. The maximum Gasteiger partial charge on any atom is 0.335 e. The molecule has 0 fully saturated rings. The van der Waals surface area contributed by atoms with Crippen LogP contribution < -0.4 is 5.32 Å². The Labute approximate surface area is 134 Å². The van der Waals surface area contributed by atoms with Crippen LogP contribution in [-0.4, -0.2) is 24.2 Å². The van der Waals surface area contributed by atoms with Gasteiger partial charge in [-0.25, -0.2) is 9.18 Å². The molecule has 0 heterocycles. The van der Waals surface area contributed by atoms with Crippen molar-refractivity contribution in [2.24, 2.45) is 0 Å². The largest absolute Gasteiger partial charge is 0.478 e. The summed E-state index contributed by atoms with van der Waals surface area (Å²) in [6.07, 6.45) is -0.200. The van der Waals surface area contributed by atoms with Crippen LogP contribution in [0.5, 0.6) is 0 Å². The average Bonchev–Trinajstić information content (AvgIpc) is 2.55. The van der Waals surface area contributed by atoms with Gasteiger partial charge in [0.1, 0.15) is 5.82 Å². The Morgan fingerprint density at radius 1 is 1.17 bits per heavy atom. The SMILES string of the molecule is COC(c1ccc(F)cc1)C(C)NCc1ccc(C(=O)O)cc1. The highest BCUT2D eigenvalue weighted by molar-refractivity contribution is 5.87. The number of carbonyl (C=O) groups is 1. The second kappa shape index (κ2) is 7.85. The molecular weight excluding hydrogens is 297 g/mol. The quantitative estimate of drug-likeness (QED) is 0.822. The van der Waals surface area contributed by atoms with Gasteiger partial charge in [-0.05, 0) is 42.3 Å². The van der Waals surface area contributed by atoms with Gasteiger partial charge in [0.05, 0.1) is 11.7 Å². The fraction of sp³-hybridized carbons (Fsp3) is 0.278. The van der Waals surface area contributed by atoms with Crippen LogP contribution in [0.3, 0.4) is 0 Å². The molecule has 0 aromatic heterocycles. The predicted octanol–water partition coefficient (Wildman–Crippen LogP) is 3.39. The van der Waals surface area contributed by atoms with Crippen molar-refractivity contribution in [2.45, 2.75) is 25.6 Å². The highest BCUT2D eigenvalue weighted by Crippen LogP contribution is 2.21. The van der Waals surface area contributed by atoms with Crippen molar-refractivity contribution in [3.63, 3.8) is 0 Å². The van der Waals surface area contributed by atoms with Gasteiger partial charge >= 0.3 is 5.97 Å². The third kappa shape index (κ3) is 4.61. The van der Waals surface area contributed by atoms with E-state index in [2.05, 4.69) is 5.32 Å². The Hall–Kier alpha value is -2.24. The Morgan fingerprint density at radius 3 is 2.30 bits per heavy atom. The molecule has 0 spiro atoms. The second-order valence-corrected chi connectivity index (χ2v) is 5.38. The molecule has 0 aliphatic heterocycles. The first-order chi connectivity index (χ1) is 11.0. The third-order valence-corrected chi connectivity index (χ3v) is 3.74. The first kappa shape index (κ1) is 17.1. The van der Waals surface area contributed by atoms with E-state index in [4.69, 9.17) is 9.84 Å². The summed E-state index contributed by atoms with van der Waals surface area (Å²) >= 11 is 0. The third-order valence-electron chi connectivity index (χ3n) is 3.74. The van der Waals surface area contributed by atoms with Crippen LogP contribution in [0.4, 0.5) is 4.39 Å². The van der Waals surface area contributed by atoms with Crippen molar-refractivity contribution in [3.05, 3.63) is 71.0 Å². The zero-order valence-corrected chi connectivity index (χ0v) is 13.1. The molecule has 0 saturated heterocycles. The van der Waals surface area contributed by atoms with Gasteiger partial charge in [0.2, 0.25) is 0 Å². The number of carboxylic acids is 1. The van der Waals surface area contributed by atoms with Crippen LogP contribution in [0.1, 0.15) is 34.5 Å². The maximum atomic E-state index is 13.0. The van der Waals surface area contributed by atoms with Crippen LogP contribution in [0, 0.1) is 5.82 Å². The van der Waals surface area contributed by atoms with Gasteiger partial charge in [-0.15, -0.1) is 0 Å². The van der Waals surface area contributed by atoms with Crippen LogP contribution in [-0.2, 0) is 11.3 Å². The van der Waals surface area contributed by atoms with Crippen LogP contribution in [0.25, 0.3) is 0 Å². The fourth-order valence-electron chi connectivity index (χ4n) is 2.43. The lowest BCUT2D eigenvalue weighted by Crippen LogP contribution is -2.32. The molecule has 2 atom stereocenters. The van der Waals surface area contributed by atoms with Crippen LogP contribution in [0.15, 0.2) is 48.5 Å². The summed E-state index contributed by atoms with van der Waals surface area (Å²) in [4.78, 5) is 10.8. The second-order valence-electron chi connectivity index (χ2n) is 5.38. The molecule has 0 amide bonds. The number of hydrogen-bond donors (Lipinski definition) is 2. The van der Waals surface area contributed by atoms with E-state index in [1.54, 1.807) is 43.5 Å². The predicted molar refractivity (Wildman–Crippen MR) is 85.9 cm³/mol. The van der Waals surface area contributed by atoms with Gasteiger partial charge in [-0.3, -0.25) is 0 Å². The minimum Gasteiger partial charge on any atom is -0.478 e. The van der Waals surface area contributed by atoms with Crippen molar-refractivity contribution in [2.75, 3.05) is 7.11 Å². The lowest BCUT2D eigenvalue weighted by molar-refractivity contribution is 0.0697. The molecule has 5 heteroatoms. The van der Waals surface area contributed by atoms with E-state index in [-0.39, 0.29) is 23.5 Å². The summed E-state index contributed by atoms with van der Waals surface area (Å²) < 4.78 is 18.5. The molecule has 122 valence electrons. The van der Waals surface area contributed by atoms with Crippen LogP contribution in [0.2, 0.25) is 0 Å². The zero-order chi connectivity index (χ0) is 16.8. The minimum atomic E-state index is -0.936. The Bertz CT molecular complexity index is 640. The van der Waals surface area contributed by atoms with E-state index < -0.39 is 5.97 Å². The number of ether oxygens (including phenoxy) is 1. The monoisotopic (exact) mass is 317 g/mol. The van der Waals surface area contributed by atoms with Gasteiger partial charge in [-0.2, -0.15) is 0 Å². The van der Waals surface area contributed by atoms with Crippen molar-refractivity contribution >= 4 is 5.97 Å². The van der Waals surface area contributed by atoms with E-state index in [1.165, 1.54) is 12.1 Å². The van der Waals surface area contributed by atoms with Crippen LogP contribution >= 0.6 is 0 Å². The maximum absolute atomic E-state index is 13.0. The molecule has 2 unspecified atom stereocenters. The van der Waals surface area contributed by atoms with Crippen molar-refractivity contribution in [1.29, 1.82) is 0 Å². The number of carboxylic acid groups (broad SMARTS) is 1. The number of halogens is 1. The molecule has 2 rings (SSSR count). The summed E-state index contributed by atoms with van der Waals surface area (Å²) in [5.74, 6) is -1.21. The topological polar surface area (TPSA) is 58.6 Å². The number of methoxy groups -OCH3 is 1. The molecule has 0 bridgehead atoms. The normalized spacial score (nSPS) is 13.5. The smallest absolute Gasteiger partial charge is 0.335 e. The summed E-state index contributed by atoms with van der Waals surface area (Å²) in [5.41, 5.74) is 2.15. The zero-order valence-electron chi connectivity index (χ0n) is 13.1. The number of aromatic carboxylic acids is 1. The molecule has 0 saturated carbocycles. The number of nitrogens with one attached hydrogen (secondary N) is 1. The van der Waals surface area contributed by atoms with Gasteiger partial charge in [0, 0.05) is 19.7 Å². The van der Waals surface area contributed by atoms with Gasteiger partial charge < -0.3 is 15.2 Å². The Kier molecular flexibility index (Phi) is 5.84. The summed E-state index contributed by atoms with van der Waals surface area (Å²) in [7, 11) is 1.62. The highest BCUT2D eigenvalue weighted by Gasteiger charge is 2.18. The Balaban J connectivity index is 1.98. The van der Waals surface area contributed by atoms with E-state index in [1.807, 2.05) is 6.92 Å². The lowest BCUT2D eigenvalue weighted by Gasteiger charge is -2.24. The number of rotatable bonds is 7.